The highest BCUT2D eigenvalue weighted by Crippen LogP contribution is 2.28. The Morgan fingerprint density at radius 3 is 2.21 bits per heavy atom. The van der Waals surface area contributed by atoms with Crippen LogP contribution < -0.4 is 4.90 Å². The van der Waals surface area contributed by atoms with E-state index in [1.165, 1.54) is 5.69 Å². The molecule has 3 aromatic rings. The van der Waals surface area contributed by atoms with Gasteiger partial charge in [-0.25, -0.2) is 4.98 Å². The van der Waals surface area contributed by atoms with Crippen molar-refractivity contribution in [2.75, 3.05) is 31.1 Å². The lowest BCUT2D eigenvalue weighted by molar-refractivity contribution is -0.144. The first-order valence-corrected chi connectivity index (χ1v) is 9.52. The molecule has 6 nitrogen and oxygen atoms in total. The molecule has 1 aliphatic heterocycles. The molecule has 0 amide bonds. The first-order chi connectivity index (χ1) is 13.6. The van der Waals surface area contributed by atoms with Crippen LogP contribution in [0.2, 0.25) is 0 Å². The Bertz CT molecular complexity index is 932. The van der Waals surface area contributed by atoms with E-state index in [9.17, 15) is 9.90 Å². The molecule has 1 fully saturated rings. The van der Waals surface area contributed by atoms with Crippen molar-refractivity contribution >= 4 is 11.7 Å². The summed E-state index contributed by atoms with van der Waals surface area (Å²) < 4.78 is 0. The van der Waals surface area contributed by atoms with Crippen LogP contribution in [-0.2, 0) is 4.79 Å². The number of aromatic nitrogens is 2. The van der Waals surface area contributed by atoms with Crippen LogP contribution >= 0.6 is 0 Å². The second-order valence-corrected chi connectivity index (χ2v) is 7.06. The number of imidazole rings is 1. The van der Waals surface area contributed by atoms with Crippen molar-refractivity contribution in [3.05, 3.63) is 72.1 Å². The van der Waals surface area contributed by atoms with Gasteiger partial charge in [0, 0.05) is 43.1 Å². The predicted molar refractivity (Wildman–Crippen MR) is 109 cm³/mol. The number of anilines is 1. The maximum absolute atomic E-state index is 12.1. The molecule has 1 unspecified atom stereocenters. The van der Waals surface area contributed by atoms with Crippen molar-refractivity contribution in [3.63, 3.8) is 0 Å². The molecule has 144 valence electrons. The molecule has 0 spiro atoms. The van der Waals surface area contributed by atoms with Gasteiger partial charge in [0.15, 0.2) is 6.04 Å². The Balaban J connectivity index is 1.54. The summed E-state index contributed by atoms with van der Waals surface area (Å²) in [5.74, 6) is -0.148. The number of rotatable bonds is 5. The third-order valence-electron chi connectivity index (χ3n) is 5.26. The van der Waals surface area contributed by atoms with Crippen molar-refractivity contribution < 1.29 is 9.90 Å². The summed E-state index contributed by atoms with van der Waals surface area (Å²) in [5.41, 5.74) is 3.53. The Labute approximate surface area is 164 Å². The number of aryl methyl sites for hydroxylation is 1. The molecule has 0 radical (unpaired) electrons. The molecular weight excluding hydrogens is 352 g/mol. The second-order valence-electron chi connectivity index (χ2n) is 7.06. The molecule has 1 saturated heterocycles. The maximum atomic E-state index is 12.1. The molecular formula is C22H24N4O2. The highest BCUT2D eigenvalue weighted by Gasteiger charge is 2.33. The Morgan fingerprint density at radius 1 is 1.00 bits per heavy atom. The first kappa shape index (κ1) is 18.3. The van der Waals surface area contributed by atoms with Crippen LogP contribution in [0.5, 0.6) is 0 Å². The minimum absolute atomic E-state index is 0.597. The number of para-hydroxylation sites is 1. The fourth-order valence-electron chi connectivity index (χ4n) is 3.80. The van der Waals surface area contributed by atoms with Gasteiger partial charge in [-0.3, -0.25) is 9.69 Å². The van der Waals surface area contributed by atoms with Crippen molar-refractivity contribution in [1.82, 2.24) is 14.9 Å². The van der Waals surface area contributed by atoms with Crippen molar-refractivity contribution in [2.45, 2.75) is 13.0 Å². The average Bonchev–Trinajstić information content (AvgIpc) is 3.11. The third kappa shape index (κ3) is 3.64. The zero-order valence-electron chi connectivity index (χ0n) is 15.9. The number of nitrogens with zero attached hydrogens (tertiary/aromatic N) is 3. The monoisotopic (exact) mass is 376 g/mol. The van der Waals surface area contributed by atoms with E-state index in [-0.39, 0.29) is 0 Å². The lowest BCUT2D eigenvalue weighted by Gasteiger charge is -2.38. The molecule has 4 rings (SSSR count). The lowest BCUT2D eigenvalue weighted by Crippen LogP contribution is -2.49. The van der Waals surface area contributed by atoms with Gasteiger partial charge in [0.05, 0.1) is 5.69 Å². The third-order valence-corrected chi connectivity index (χ3v) is 5.26. The Kier molecular flexibility index (Phi) is 5.12. The number of H-pyrrole nitrogens is 1. The summed E-state index contributed by atoms with van der Waals surface area (Å²) in [5, 5.41) is 9.96. The number of carbonyl (C=O) groups is 1. The number of carboxylic acids is 1. The molecule has 2 N–H and O–H groups in total. The molecule has 0 saturated carbocycles. The van der Waals surface area contributed by atoms with Gasteiger partial charge in [-0.2, -0.15) is 0 Å². The quantitative estimate of drug-likeness (QED) is 0.715. The number of aromatic amines is 1. The van der Waals surface area contributed by atoms with E-state index >= 15 is 0 Å². The number of benzene rings is 2. The van der Waals surface area contributed by atoms with Gasteiger partial charge < -0.3 is 15.0 Å². The first-order valence-electron chi connectivity index (χ1n) is 9.52. The van der Waals surface area contributed by atoms with E-state index in [0.29, 0.717) is 24.6 Å². The molecule has 1 atom stereocenters. The van der Waals surface area contributed by atoms with E-state index < -0.39 is 12.0 Å². The van der Waals surface area contributed by atoms with Crippen molar-refractivity contribution in [1.29, 1.82) is 0 Å². The van der Waals surface area contributed by atoms with Gasteiger partial charge in [0.25, 0.3) is 0 Å². The largest absolute Gasteiger partial charge is 0.480 e. The molecule has 2 aromatic carbocycles. The molecule has 1 aromatic heterocycles. The highest BCUT2D eigenvalue weighted by atomic mass is 16.4. The molecule has 28 heavy (non-hydrogen) atoms. The molecule has 2 heterocycles. The van der Waals surface area contributed by atoms with Crippen LogP contribution in [0.3, 0.4) is 0 Å². The van der Waals surface area contributed by atoms with Crippen molar-refractivity contribution in [2.24, 2.45) is 0 Å². The van der Waals surface area contributed by atoms with E-state index in [1.807, 2.05) is 60.4 Å². The van der Waals surface area contributed by atoms with Gasteiger partial charge in [-0.1, -0.05) is 48.5 Å². The SMILES string of the molecule is Cc1[nH]c(-c2ccccc2)nc1C(C(=O)O)N1CCN(c2ccccc2)CC1. The highest BCUT2D eigenvalue weighted by molar-refractivity contribution is 5.76. The second kappa shape index (κ2) is 7.86. The zero-order chi connectivity index (χ0) is 19.5. The van der Waals surface area contributed by atoms with E-state index in [2.05, 4.69) is 27.0 Å². The van der Waals surface area contributed by atoms with Gasteiger partial charge in [-0.05, 0) is 19.1 Å². The summed E-state index contributed by atoms with van der Waals surface area (Å²) in [6.07, 6.45) is 0. The molecule has 1 aliphatic rings. The van der Waals surface area contributed by atoms with Crippen molar-refractivity contribution in [3.8, 4) is 11.4 Å². The summed E-state index contributed by atoms with van der Waals surface area (Å²) in [6.45, 7) is 4.84. The fraction of sp³-hybridized carbons (Fsp3) is 0.273. The van der Waals surface area contributed by atoms with Crippen LogP contribution in [0, 0.1) is 6.92 Å². The summed E-state index contributed by atoms with van der Waals surface area (Å²) in [7, 11) is 0. The number of nitrogens with one attached hydrogen (secondary N) is 1. The minimum atomic E-state index is -0.859. The minimum Gasteiger partial charge on any atom is -0.480 e. The summed E-state index contributed by atoms with van der Waals surface area (Å²) >= 11 is 0. The van der Waals surface area contributed by atoms with Crippen LogP contribution in [0.4, 0.5) is 5.69 Å². The van der Waals surface area contributed by atoms with Crippen LogP contribution in [0.25, 0.3) is 11.4 Å². The predicted octanol–water partition coefficient (Wildman–Crippen LogP) is 3.33. The van der Waals surface area contributed by atoms with Gasteiger partial charge in [0.1, 0.15) is 5.82 Å². The summed E-state index contributed by atoms with van der Waals surface area (Å²) in [4.78, 5) is 24.4. The number of hydrogen-bond acceptors (Lipinski definition) is 4. The number of hydrogen-bond donors (Lipinski definition) is 2. The molecule has 0 aliphatic carbocycles. The number of piperazine rings is 1. The topological polar surface area (TPSA) is 72.5 Å². The molecule has 6 heteroatoms. The molecule has 0 bridgehead atoms. The fourth-order valence-corrected chi connectivity index (χ4v) is 3.80. The number of carboxylic acid groups (broad SMARTS) is 1. The van der Waals surface area contributed by atoms with Crippen LogP contribution in [0.1, 0.15) is 17.4 Å². The van der Waals surface area contributed by atoms with E-state index in [1.54, 1.807) is 0 Å². The van der Waals surface area contributed by atoms with E-state index in [0.717, 1.165) is 24.3 Å². The van der Waals surface area contributed by atoms with Gasteiger partial charge in [-0.15, -0.1) is 0 Å². The van der Waals surface area contributed by atoms with Gasteiger partial charge in [0.2, 0.25) is 0 Å². The maximum Gasteiger partial charge on any atom is 0.327 e. The van der Waals surface area contributed by atoms with Gasteiger partial charge >= 0.3 is 5.97 Å². The standard InChI is InChI=1S/C22H24N4O2/c1-16-19(24-21(23-16)17-8-4-2-5-9-17)20(22(27)28)26-14-12-25(13-15-26)18-10-6-3-7-11-18/h2-11,20H,12-15H2,1H3,(H,23,24)(H,27,28). The average molecular weight is 376 g/mol. The summed E-state index contributed by atoms with van der Waals surface area (Å²) in [6, 6.07) is 19.3. The smallest absolute Gasteiger partial charge is 0.327 e. The zero-order valence-corrected chi connectivity index (χ0v) is 15.9. The van der Waals surface area contributed by atoms with E-state index in [4.69, 9.17) is 0 Å². The van der Waals surface area contributed by atoms with Crippen LogP contribution in [-0.4, -0.2) is 52.1 Å². The Morgan fingerprint density at radius 2 is 1.61 bits per heavy atom. The normalized spacial score (nSPS) is 16.1. The lowest BCUT2D eigenvalue weighted by atomic mass is 10.1. The van der Waals surface area contributed by atoms with Crippen LogP contribution in [0.15, 0.2) is 60.7 Å². The number of aliphatic carboxylic acids is 1. The Hall–Kier alpha value is -3.12.